The number of aromatic amines is 1. The zero-order valence-electron chi connectivity index (χ0n) is 14.1. The average Bonchev–Trinajstić information content (AvgIpc) is 2.99. The molecule has 0 aliphatic carbocycles. The van der Waals surface area contributed by atoms with Gasteiger partial charge in [0.15, 0.2) is 5.65 Å². The number of rotatable bonds is 4. The summed E-state index contributed by atoms with van der Waals surface area (Å²) in [4.78, 5) is 17.5. The molecule has 0 saturated carbocycles. The number of benzene rings is 1. The second-order valence-electron chi connectivity index (χ2n) is 5.87. The number of fused-ring (bicyclic) bond motifs is 1. The molecular formula is C18H17ClN4O2. The third kappa shape index (κ3) is 2.87. The Bertz CT molecular complexity index is 1040. The van der Waals surface area contributed by atoms with E-state index in [-0.39, 0.29) is 11.5 Å². The third-order valence-electron chi connectivity index (χ3n) is 3.90. The van der Waals surface area contributed by atoms with E-state index in [9.17, 15) is 10.1 Å². The quantitative estimate of drug-likeness (QED) is 0.771. The van der Waals surface area contributed by atoms with Gasteiger partial charge in [-0.25, -0.2) is 9.50 Å². The molecular weight excluding hydrogens is 340 g/mol. The summed E-state index contributed by atoms with van der Waals surface area (Å²) >= 11 is 6.29. The topological polar surface area (TPSA) is 83.2 Å². The van der Waals surface area contributed by atoms with Gasteiger partial charge in [0.2, 0.25) is 0 Å². The largest absolute Gasteiger partial charge is 0.492 e. The maximum Gasteiger partial charge on any atom is 0.276 e. The smallest absolute Gasteiger partial charge is 0.276 e. The van der Waals surface area contributed by atoms with Crippen molar-refractivity contribution in [3.8, 4) is 23.1 Å². The van der Waals surface area contributed by atoms with E-state index >= 15 is 0 Å². The summed E-state index contributed by atoms with van der Waals surface area (Å²) in [5.74, 6) is 0.530. The molecule has 0 fully saturated rings. The normalized spacial score (nSPS) is 11.0. The van der Waals surface area contributed by atoms with Gasteiger partial charge in [-0.2, -0.15) is 5.26 Å². The summed E-state index contributed by atoms with van der Waals surface area (Å²) in [6, 6.07) is 7.35. The van der Waals surface area contributed by atoms with Crippen LogP contribution in [0.4, 0.5) is 0 Å². The Balaban J connectivity index is 2.31. The Morgan fingerprint density at radius 2 is 2.20 bits per heavy atom. The Hall–Kier alpha value is -2.78. The monoisotopic (exact) mass is 356 g/mol. The van der Waals surface area contributed by atoms with Gasteiger partial charge in [-0.15, -0.1) is 0 Å². The van der Waals surface area contributed by atoms with Gasteiger partial charge in [-0.1, -0.05) is 25.4 Å². The van der Waals surface area contributed by atoms with Gasteiger partial charge >= 0.3 is 0 Å². The van der Waals surface area contributed by atoms with Crippen molar-refractivity contribution < 1.29 is 4.74 Å². The van der Waals surface area contributed by atoms with Gasteiger partial charge < -0.3 is 4.74 Å². The second kappa shape index (κ2) is 6.61. The summed E-state index contributed by atoms with van der Waals surface area (Å²) < 4.78 is 6.76. The first-order valence-electron chi connectivity index (χ1n) is 7.94. The Labute approximate surface area is 149 Å². The summed E-state index contributed by atoms with van der Waals surface area (Å²) in [7, 11) is 0. The average molecular weight is 357 g/mol. The molecule has 0 saturated heterocycles. The molecule has 1 N–H and O–H groups in total. The lowest BCUT2D eigenvalue weighted by molar-refractivity contribution is 0.340. The molecule has 25 heavy (non-hydrogen) atoms. The van der Waals surface area contributed by atoms with Crippen LogP contribution in [0.15, 0.2) is 29.2 Å². The molecule has 0 amide bonds. The number of H-pyrrole nitrogens is 1. The summed E-state index contributed by atoms with van der Waals surface area (Å²) in [5, 5.41) is 12.5. The fourth-order valence-electron chi connectivity index (χ4n) is 2.77. The van der Waals surface area contributed by atoms with Gasteiger partial charge in [-0.05, 0) is 31.0 Å². The van der Waals surface area contributed by atoms with E-state index in [0.29, 0.717) is 45.4 Å². The third-order valence-corrected chi connectivity index (χ3v) is 4.20. The van der Waals surface area contributed by atoms with Crippen molar-refractivity contribution in [2.24, 2.45) is 0 Å². The van der Waals surface area contributed by atoms with Crippen LogP contribution in [-0.2, 0) is 0 Å². The molecule has 7 heteroatoms. The van der Waals surface area contributed by atoms with Gasteiger partial charge in [0.1, 0.15) is 17.4 Å². The summed E-state index contributed by atoms with van der Waals surface area (Å²) in [6.07, 6.45) is 1.47. The standard InChI is InChI=1S/C18H17ClN4O2/c1-4-25-14-6-5-11(7-13(14)19)16-15(10(2)3)18(24)23-17(22-16)12(8-20)9-21-23/h5-7,9-10,21H,4H2,1-3H3. The molecule has 0 spiro atoms. The lowest BCUT2D eigenvalue weighted by Crippen LogP contribution is -2.22. The van der Waals surface area contributed by atoms with Crippen LogP contribution in [-0.4, -0.2) is 21.2 Å². The van der Waals surface area contributed by atoms with E-state index < -0.39 is 0 Å². The number of nitrogens with one attached hydrogen (secondary N) is 1. The Morgan fingerprint density at radius 1 is 1.44 bits per heavy atom. The molecule has 0 atom stereocenters. The van der Waals surface area contributed by atoms with E-state index in [2.05, 4.69) is 10.1 Å². The van der Waals surface area contributed by atoms with Gasteiger partial charge in [-0.3, -0.25) is 9.89 Å². The van der Waals surface area contributed by atoms with Crippen molar-refractivity contribution in [2.45, 2.75) is 26.7 Å². The molecule has 128 valence electrons. The van der Waals surface area contributed by atoms with Crippen LogP contribution in [0.25, 0.3) is 16.9 Å². The molecule has 2 aromatic heterocycles. The number of halogens is 1. The van der Waals surface area contributed by atoms with Crippen LogP contribution in [0.5, 0.6) is 5.75 Å². The number of hydrogen-bond acceptors (Lipinski definition) is 4. The summed E-state index contributed by atoms with van der Waals surface area (Å²) in [6.45, 7) is 6.25. The van der Waals surface area contributed by atoms with Crippen LogP contribution in [0, 0.1) is 11.3 Å². The fraction of sp³-hybridized carbons (Fsp3) is 0.278. The minimum Gasteiger partial charge on any atom is -0.492 e. The SMILES string of the molecule is CCOc1ccc(-c2nc3c(C#N)c[nH]n3c(=O)c2C(C)C)cc1Cl. The van der Waals surface area contributed by atoms with Crippen LogP contribution in [0.1, 0.15) is 37.8 Å². The zero-order valence-corrected chi connectivity index (χ0v) is 14.9. The first-order chi connectivity index (χ1) is 12.0. The zero-order chi connectivity index (χ0) is 18.1. The maximum absolute atomic E-state index is 12.9. The first-order valence-corrected chi connectivity index (χ1v) is 8.32. The van der Waals surface area contributed by atoms with Crippen molar-refractivity contribution in [2.75, 3.05) is 6.61 Å². The number of aromatic nitrogens is 3. The van der Waals surface area contributed by atoms with E-state index in [1.165, 1.54) is 10.7 Å². The van der Waals surface area contributed by atoms with Crippen molar-refractivity contribution in [3.05, 3.63) is 50.9 Å². The molecule has 2 heterocycles. The molecule has 0 radical (unpaired) electrons. The number of nitriles is 1. The lowest BCUT2D eigenvalue weighted by atomic mass is 9.98. The molecule has 0 aliphatic heterocycles. The van der Waals surface area contributed by atoms with Crippen molar-refractivity contribution in [1.82, 2.24) is 14.6 Å². The number of hydrogen-bond donors (Lipinski definition) is 1. The van der Waals surface area contributed by atoms with E-state index in [0.717, 1.165) is 0 Å². The highest BCUT2D eigenvalue weighted by atomic mass is 35.5. The van der Waals surface area contributed by atoms with Crippen LogP contribution in [0.3, 0.4) is 0 Å². The molecule has 3 aromatic rings. The number of ether oxygens (including phenoxy) is 1. The molecule has 6 nitrogen and oxygen atoms in total. The van der Waals surface area contributed by atoms with Gasteiger partial charge in [0.05, 0.1) is 17.3 Å². The highest BCUT2D eigenvalue weighted by Gasteiger charge is 2.20. The molecule has 0 unspecified atom stereocenters. The fourth-order valence-corrected chi connectivity index (χ4v) is 3.01. The predicted molar refractivity (Wildman–Crippen MR) is 96.2 cm³/mol. The number of nitrogens with zero attached hydrogens (tertiary/aromatic N) is 3. The highest BCUT2D eigenvalue weighted by molar-refractivity contribution is 6.32. The van der Waals surface area contributed by atoms with E-state index in [1.807, 2.05) is 32.9 Å². The minimum atomic E-state index is -0.221. The molecule has 1 aromatic carbocycles. The highest BCUT2D eigenvalue weighted by Crippen LogP contribution is 2.32. The van der Waals surface area contributed by atoms with Crippen LogP contribution >= 0.6 is 11.6 Å². The van der Waals surface area contributed by atoms with Gasteiger partial charge in [0.25, 0.3) is 5.56 Å². The van der Waals surface area contributed by atoms with Crippen LogP contribution in [0.2, 0.25) is 5.02 Å². The first kappa shape index (κ1) is 17.1. The van der Waals surface area contributed by atoms with Crippen molar-refractivity contribution >= 4 is 17.2 Å². The predicted octanol–water partition coefficient (Wildman–Crippen LogP) is 3.74. The van der Waals surface area contributed by atoms with E-state index in [1.54, 1.807) is 12.1 Å². The van der Waals surface area contributed by atoms with Gasteiger partial charge in [0, 0.05) is 17.3 Å². The second-order valence-corrected chi connectivity index (χ2v) is 6.28. The molecule has 0 aliphatic rings. The Kier molecular flexibility index (Phi) is 4.51. The van der Waals surface area contributed by atoms with Crippen LogP contribution < -0.4 is 10.3 Å². The lowest BCUT2D eigenvalue weighted by Gasteiger charge is -2.13. The maximum atomic E-state index is 12.9. The Morgan fingerprint density at radius 3 is 2.80 bits per heavy atom. The van der Waals surface area contributed by atoms with Crippen molar-refractivity contribution in [1.29, 1.82) is 5.26 Å². The minimum absolute atomic E-state index is 0.0499. The summed E-state index contributed by atoms with van der Waals surface area (Å²) in [5.41, 5.74) is 2.19. The van der Waals surface area contributed by atoms with Crippen molar-refractivity contribution in [3.63, 3.8) is 0 Å². The molecule has 3 rings (SSSR count). The van der Waals surface area contributed by atoms with E-state index in [4.69, 9.17) is 16.3 Å². The molecule has 0 bridgehead atoms.